The molecular weight excluding hydrogens is 336 g/mol. The fourth-order valence-electron chi connectivity index (χ4n) is 4.84. The topological polar surface area (TPSA) is 0 Å². The van der Waals surface area contributed by atoms with E-state index in [-0.39, 0.29) is 0 Å². The summed E-state index contributed by atoms with van der Waals surface area (Å²) in [6.07, 6.45) is 28.8. The van der Waals surface area contributed by atoms with Crippen molar-refractivity contribution in [3.63, 3.8) is 0 Å². The van der Waals surface area contributed by atoms with Crippen LogP contribution in [0.4, 0.5) is 0 Å². The van der Waals surface area contributed by atoms with Crippen LogP contribution < -0.4 is 0 Å². The molecule has 2 unspecified atom stereocenters. The van der Waals surface area contributed by atoms with Crippen LogP contribution in [0, 0.1) is 11.8 Å². The maximum Gasteiger partial charge on any atom is 0.00644 e. The highest BCUT2D eigenvalue weighted by Crippen LogP contribution is 2.41. The predicted molar refractivity (Wildman–Crippen MR) is 124 cm³/mol. The van der Waals surface area contributed by atoms with Gasteiger partial charge in [0.2, 0.25) is 0 Å². The van der Waals surface area contributed by atoms with Gasteiger partial charge in [0.05, 0.1) is 0 Å². The van der Waals surface area contributed by atoms with Gasteiger partial charge in [0.1, 0.15) is 0 Å². The Morgan fingerprint density at radius 2 is 1.86 bits per heavy atom. The predicted octanol–water partition coefficient (Wildman–Crippen LogP) is 8.57. The fraction of sp³-hybridized carbons (Fsp3) is 0.500. The van der Waals surface area contributed by atoms with Gasteiger partial charge < -0.3 is 0 Å². The van der Waals surface area contributed by atoms with Crippen LogP contribution in [-0.4, -0.2) is 0 Å². The fourth-order valence-corrected chi connectivity index (χ4v) is 4.84. The first-order valence-corrected chi connectivity index (χ1v) is 11.6. The van der Waals surface area contributed by atoms with E-state index in [0.29, 0.717) is 11.8 Å². The van der Waals surface area contributed by atoms with Crippen LogP contribution >= 0.6 is 0 Å². The number of allylic oxidation sites excluding steroid dienone is 14. The van der Waals surface area contributed by atoms with E-state index in [1.54, 1.807) is 27.9 Å². The Morgan fingerprint density at radius 1 is 1.00 bits per heavy atom. The molecule has 0 aromatic carbocycles. The second kappa shape index (κ2) is 10.1. The Morgan fingerprint density at radius 3 is 2.61 bits per heavy atom. The van der Waals surface area contributed by atoms with E-state index >= 15 is 0 Å². The molecule has 0 aromatic rings. The molecular formula is C28H38. The van der Waals surface area contributed by atoms with Gasteiger partial charge in [0.25, 0.3) is 0 Å². The summed E-state index contributed by atoms with van der Waals surface area (Å²) in [4.78, 5) is 0. The number of hydrogen-bond acceptors (Lipinski definition) is 0. The third-order valence-corrected chi connectivity index (χ3v) is 6.54. The maximum atomic E-state index is 2.55. The quantitative estimate of drug-likeness (QED) is 0.399. The molecule has 3 aliphatic carbocycles. The molecule has 0 radical (unpaired) electrons. The third-order valence-electron chi connectivity index (χ3n) is 6.54. The smallest absolute Gasteiger partial charge is 0.00644 e. The molecule has 0 heterocycles. The molecule has 0 aromatic heterocycles. The summed E-state index contributed by atoms with van der Waals surface area (Å²) in [6.45, 7) is 9.30. The molecule has 150 valence electrons. The van der Waals surface area contributed by atoms with Gasteiger partial charge in [-0.15, -0.1) is 0 Å². The summed E-state index contributed by atoms with van der Waals surface area (Å²) < 4.78 is 0. The molecule has 0 aliphatic heterocycles. The number of hydrogen-bond donors (Lipinski definition) is 0. The van der Waals surface area contributed by atoms with E-state index in [2.05, 4.69) is 76.3 Å². The van der Waals surface area contributed by atoms with Crippen molar-refractivity contribution in [1.29, 1.82) is 0 Å². The summed E-state index contributed by atoms with van der Waals surface area (Å²) in [5, 5.41) is 0. The second-order valence-electron chi connectivity index (χ2n) is 8.60. The molecule has 0 amide bonds. The molecule has 3 aliphatic rings. The molecule has 28 heavy (non-hydrogen) atoms. The van der Waals surface area contributed by atoms with Crippen LogP contribution in [0.15, 0.2) is 82.0 Å². The Kier molecular flexibility index (Phi) is 7.54. The first kappa shape index (κ1) is 20.9. The number of fused-ring (bicyclic) bond motifs is 1. The Labute approximate surface area is 173 Å². The first-order valence-electron chi connectivity index (χ1n) is 11.6. The minimum Gasteiger partial charge on any atom is -0.0767 e. The Bertz CT molecular complexity index is 773. The maximum absolute atomic E-state index is 2.55. The van der Waals surface area contributed by atoms with Gasteiger partial charge in [-0.25, -0.2) is 0 Å². The van der Waals surface area contributed by atoms with Gasteiger partial charge in [-0.2, -0.15) is 0 Å². The van der Waals surface area contributed by atoms with E-state index < -0.39 is 0 Å². The van der Waals surface area contributed by atoms with Gasteiger partial charge in [-0.1, -0.05) is 89.1 Å². The SMILES string of the molecule is CCCCC1=CC=C(C2=CC(C(C)CCC)=C3C=CC=CC3C2)CC=C1CC. The van der Waals surface area contributed by atoms with Crippen molar-refractivity contribution in [3.05, 3.63) is 82.0 Å². The molecule has 0 bridgehead atoms. The normalized spacial score (nSPS) is 22.8. The first-order chi connectivity index (χ1) is 13.7. The average Bonchev–Trinajstić information content (AvgIpc) is 2.93. The average molecular weight is 375 g/mol. The molecule has 0 spiro atoms. The Balaban J connectivity index is 1.94. The minimum atomic E-state index is 0.557. The van der Waals surface area contributed by atoms with E-state index in [4.69, 9.17) is 0 Å². The van der Waals surface area contributed by atoms with Crippen LogP contribution in [0.2, 0.25) is 0 Å². The summed E-state index contributed by atoms with van der Waals surface area (Å²) in [5.74, 6) is 1.19. The molecule has 0 N–H and O–H groups in total. The molecule has 0 nitrogen and oxygen atoms in total. The molecule has 0 saturated carbocycles. The van der Waals surface area contributed by atoms with Gasteiger partial charge in [-0.05, 0) is 77.9 Å². The lowest BCUT2D eigenvalue weighted by Crippen LogP contribution is -2.15. The minimum absolute atomic E-state index is 0.557. The zero-order valence-corrected chi connectivity index (χ0v) is 18.4. The lowest BCUT2D eigenvalue weighted by atomic mass is 9.75. The van der Waals surface area contributed by atoms with E-state index in [1.165, 1.54) is 37.7 Å². The van der Waals surface area contributed by atoms with Gasteiger partial charge >= 0.3 is 0 Å². The van der Waals surface area contributed by atoms with Crippen molar-refractivity contribution in [1.82, 2.24) is 0 Å². The summed E-state index contributed by atoms with van der Waals surface area (Å²) >= 11 is 0. The second-order valence-corrected chi connectivity index (χ2v) is 8.60. The third kappa shape index (κ3) is 4.77. The van der Waals surface area contributed by atoms with Gasteiger partial charge in [-0.3, -0.25) is 0 Å². The van der Waals surface area contributed by atoms with E-state index in [9.17, 15) is 0 Å². The van der Waals surface area contributed by atoms with Crippen molar-refractivity contribution in [2.24, 2.45) is 11.8 Å². The highest BCUT2D eigenvalue weighted by Gasteiger charge is 2.25. The molecule has 3 rings (SSSR count). The lowest BCUT2D eigenvalue weighted by Gasteiger charge is -2.30. The van der Waals surface area contributed by atoms with E-state index in [1.807, 2.05) is 0 Å². The van der Waals surface area contributed by atoms with Crippen molar-refractivity contribution >= 4 is 0 Å². The van der Waals surface area contributed by atoms with Crippen molar-refractivity contribution in [2.45, 2.75) is 79.1 Å². The summed E-state index contributed by atoms with van der Waals surface area (Å²) in [7, 11) is 0. The van der Waals surface area contributed by atoms with Crippen LogP contribution in [0.25, 0.3) is 0 Å². The molecule has 0 heteroatoms. The standard InChI is InChI=1S/C28H38/c1-5-8-12-23-17-18-24(16-15-22(23)7-3)26-19-25-13-9-10-14-27(25)28(20-26)21(4)11-6-2/h9-10,13-15,17-18,20-21,25H,5-8,11-12,16,19H2,1-4H3. The van der Waals surface area contributed by atoms with Crippen LogP contribution in [0.3, 0.4) is 0 Å². The van der Waals surface area contributed by atoms with Crippen LogP contribution in [0.1, 0.15) is 79.1 Å². The van der Waals surface area contributed by atoms with Crippen LogP contribution in [-0.2, 0) is 0 Å². The van der Waals surface area contributed by atoms with Crippen molar-refractivity contribution < 1.29 is 0 Å². The van der Waals surface area contributed by atoms with Crippen molar-refractivity contribution in [2.75, 3.05) is 0 Å². The van der Waals surface area contributed by atoms with Gasteiger partial charge in [0.15, 0.2) is 0 Å². The Hall–Kier alpha value is -1.82. The zero-order chi connectivity index (χ0) is 19.9. The zero-order valence-electron chi connectivity index (χ0n) is 18.4. The van der Waals surface area contributed by atoms with E-state index in [0.717, 1.165) is 19.3 Å². The number of unbranched alkanes of at least 4 members (excludes halogenated alkanes) is 1. The largest absolute Gasteiger partial charge is 0.0767 e. The summed E-state index contributed by atoms with van der Waals surface area (Å²) in [5.41, 5.74) is 9.35. The molecule has 2 atom stereocenters. The summed E-state index contributed by atoms with van der Waals surface area (Å²) in [6, 6.07) is 0. The molecule has 0 fully saturated rings. The highest BCUT2D eigenvalue weighted by atomic mass is 14.3. The van der Waals surface area contributed by atoms with Gasteiger partial charge in [0, 0.05) is 5.92 Å². The number of rotatable bonds is 8. The highest BCUT2D eigenvalue weighted by molar-refractivity contribution is 5.53. The van der Waals surface area contributed by atoms with Crippen molar-refractivity contribution in [3.8, 4) is 0 Å². The monoisotopic (exact) mass is 374 g/mol. The molecule has 0 saturated heterocycles. The lowest BCUT2D eigenvalue weighted by molar-refractivity contribution is 0.589. The van der Waals surface area contributed by atoms with Crippen LogP contribution in [0.5, 0.6) is 0 Å².